The third-order valence-corrected chi connectivity index (χ3v) is 10.4. The molecular formula is C45H79NO6. The quantitative estimate of drug-likeness (QED) is 0.0371. The summed E-state index contributed by atoms with van der Waals surface area (Å²) in [6, 6.07) is 0. The molecule has 7 heteroatoms. The van der Waals surface area contributed by atoms with Crippen molar-refractivity contribution in [3.8, 4) is 0 Å². The van der Waals surface area contributed by atoms with Gasteiger partial charge in [0.05, 0.1) is 25.9 Å². The number of ether oxygens (including phenoxy) is 4. The van der Waals surface area contributed by atoms with Gasteiger partial charge in [-0.05, 0) is 88.8 Å². The van der Waals surface area contributed by atoms with Crippen molar-refractivity contribution < 1.29 is 28.5 Å². The van der Waals surface area contributed by atoms with Crippen LogP contribution in [0.15, 0.2) is 29.8 Å². The summed E-state index contributed by atoms with van der Waals surface area (Å²) in [7, 11) is 2.13. The fourth-order valence-corrected chi connectivity index (χ4v) is 6.87. The number of hydrogen-bond acceptors (Lipinski definition) is 7. The molecule has 0 radical (unpaired) electrons. The first-order valence-electron chi connectivity index (χ1n) is 21.4. The molecule has 4 unspecified atom stereocenters. The van der Waals surface area contributed by atoms with Crippen LogP contribution < -0.4 is 0 Å². The summed E-state index contributed by atoms with van der Waals surface area (Å²) in [5, 5.41) is 0. The van der Waals surface area contributed by atoms with Crippen molar-refractivity contribution in [2.45, 2.75) is 194 Å². The van der Waals surface area contributed by atoms with E-state index in [1.807, 2.05) is 6.08 Å². The molecule has 1 aliphatic heterocycles. The predicted octanol–water partition coefficient (Wildman–Crippen LogP) is 11.4. The number of carbonyl (C=O) groups is 2. The third kappa shape index (κ3) is 25.8. The van der Waals surface area contributed by atoms with Gasteiger partial charge in [-0.3, -0.25) is 9.59 Å². The molecule has 0 saturated carbocycles. The van der Waals surface area contributed by atoms with Crippen LogP contribution in [0.25, 0.3) is 0 Å². The third-order valence-electron chi connectivity index (χ3n) is 10.4. The highest BCUT2D eigenvalue weighted by atomic mass is 16.7. The lowest BCUT2D eigenvalue weighted by molar-refractivity contribution is -0.180. The minimum absolute atomic E-state index is 0.0446. The lowest BCUT2D eigenvalue weighted by Gasteiger charge is -2.29. The Labute approximate surface area is 320 Å². The number of carbonyl (C=O) groups excluding carboxylic acids is 2. The van der Waals surface area contributed by atoms with E-state index in [4.69, 9.17) is 18.9 Å². The molecule has 1 fully saturated rings. The minimum Gasteiger partial charge on any atom is -0.466 e. The van der Waals surface area contributed by atoms with Gasteiger partial charge in [-0.2, -0.15) is 0 Å². The van der Waals surface area contributed by atoms with Gasteiger partial charge in [0.1, 0.15) is 0 Å². The lowest BCUT2D eigenvalue weighted by Crippen LogP contribution is -2.34. The summed E-state index contributed by atoms with van der Waals surface area (Å²) in [6.45, 7) is 16.0. The first kappa shape index (κ1) is 47.9. The van der Waals surface area contributed by atoms with Crippen molar-refractivity contribution in [2.75, 3.05) is 40.0 Å². The van der Waals surface area contributed by atoms with E-state index in [-0.39, 0.29) is 18.0 Å². The van der Waals surface area contributed by atoms with Gasteiger partial charge in [0.2, 0.25) is 0 Å². The van der Waals surface area contributed by atoms with Gasteiger partial charge in [0.15, 0.2) is 5.79 Å². The second kappa shape index (κ2) is 32.3. The maximum Gasteiger partial charge on any atom is 0.305 e. The summed E-state index contributed by atoms with van der Waals surface area (Å²) in [5.41, 5.74) is 8.39. The van der Waals surface area contributed by atoms with E-state index in [1.165, 1.54) is 44.9 Å². The number of hydrogen-bond donors (Lipinski definition) is 0. The molecule has 0 aromatic heterocycles. The largest absolute Gasteiger partial charge is 0.466 e. The highest BCUT2D eigenvalue weighted by Crippen LogP contribution is 2.35. The molecule has 0 aromatic carbocycles. The summed E-state index contributed by atoms with van der Waals surface area (Å²) in [4.78, 5) is 26.8. The van der Waals surface area contributed by atoms with E-state index in [9.17, 15) is 9.59 Å². The van der Waals surface area contributed by atoms with Crippen molar-refractivity contribution in [3.63, 3.8) is 0 Å². The lowest BCUT2D eigenvalue weighted by atomic mass is 9.98. The molecule has 7 nitrogen and oxygen atoms in total. The number of allylic oxidation sites excluding steroid dienone is 1. The molecule has 0 amide bonds. The number of likely N-dealkylation sites (N-methyl/N-ethyl adjacent to an activating group) is 1. The summed E-state index contributed by atoms with van der Waals surface area (Å²) < 4.78 is 24.1. The average molecular weight is 730 g/mol. The van der Waals surface area contributed by atoms with Crippen LogP contribution in [-0.2, 0) is 28.5 Å². The van der Waals surface area contributed by atoms with Crippen molar-refractivity contribution >= 4 is 11.9 Å². The van der Waals surface area contributed by atoms with Gasteiger partial charge in [0, 0.05) is 32.2 Å². The Hall–Kier alpha value is -2.10. The monoisotopic (exact) mass is 730 g/mol. The molecule has 0 spiro atoms. The highest BCUT2D eigenvalue weighted by molar-refractivity contribution is 5.69. The van der Waals surface area contributed by atoms with Crippen LogP contribution in [0.3, 0.4) is 0 Å². The second-order valence-electron chi connectivity index (χ2n) is 15.3. The standard InChI is InChI=1S/C45H79NO6/c1-7-11-20-27-40(5)32-36-49-43(47)30-23-16-14-18-25-34-45(51-39-42(52-45)38-46(6)10-4)35-26-19-15-17-24-31-44(48)50-37-33-41(28-21-12-8-2)29-22-13-9-3/h28,40-42H,2,7,9-11,13-20,22-27,29-39H2,1,3-6H3. The van der Waals surface area contributed by atoms with E-state index < -0.39 is 5.79 Å². The van der Waals surface area contributed by atoms with Gasteiger partial charge in [-0.15, -0.1) is 0 Å². The molecule has 0 aliphatic carbocycles. The molecule has 1 heterocycles. The molecule has 1 saturated heterocycles. The van der Waals surface area contributed by atoms with Crippen LogP contribution in [0.2, 0.25) is 0 Å². The van der Waals surface area contributed by atoms with Crippen LogP contribution in [0.4, 0.5) is 0 Å². The van der Waals surface area contributed by atoms with Gasteiger partial charge in [-0.1, -0.05) is 123 Å². The fourth-order valence-electron chi connectivity index (χ4n) is 6.87. The summed E-state index contributed by atoms with van der Waals surface area (Å²) in [5.74, 6) is 0.344. The van der Waals surface area contributed by atoms with Crippen molar-refractivity contribution in [3.05, 3.63) is 29.8 Å². The first-order chi connectivity index (χ1) is 25.3. The molecular weight excluding hydrogens is 650 g/mol. The van der Waals surface area contributed by atoms with Crippen LogP contribution in [0.5, 0.6) is 0 Å². The first-order valence-corrected chi connectivity index (χ1v) is 21.4. The van der Waals surface area contributed by atoms with E-state index >= 15 is 0 Å². The number of rotatable bonds is 34. The average Bonchev–Trinajstić information content (AvgIpc) is 3.52. The van der Waals surface area contributed by atoms with Crippen molar-refractivity contribution in [2.24, 2.45) is 11.8 Å². The van der Waals surface area contributed by atoms with E-state index in [0.29, 0.717) is 44.5 Å². The number of nitrogens with zero attached hydrogens (tertiary/aromatic N) is 1. The molecule has 0 bridgehead atoms. The van der Waals surface area contributed by atoms with E-state index in [0.717, 1.165) is 109 Å². The van der Waals surface area contributed by atoms with Crippen LogP contribution >= 0.6 is 0 Å². The van der Waals surface area contributed by atoms with Crippen molar-refractivity contribution in [1.29, 1.82) is 0 Å². The Morgan fingerprint density at radius 3 is 1.92 bits per heavy atom. The predicted molar refractivity (Wildman–Crippen MR) is 214 cm³/mol. The Morgan fingerprint density at radius 2 is 1.35 bits per heavy atom. The van der Waals surface area contributed by atoms with Crippen LogP contribution in [0, 0.1) is 11.8 Å². The maximum absolute atomic E-state index is 12.3. The Morgan fingerprint density at radius 1 is 0.788 bits per heavy atom. The SMILES string of the molecule is C=C=C=C=CC(CCCCC)CCOC(=O)CCCCCCCC1(CCCCCCCC(=O)OCCC(C)CCCCC)OCC(CN(C)CC)O1. The molecule has 1 aliphatic rings. The molecule has 0 aromatic rings. The fraction of sp³-hybridized carbons (Fsp3) is 0.844. The molecule has 52 heavy (non-hydrogen) atoms. The molecule has 4 atom stereocenters. The molecule has 0 N–H and O–H groups in total. The van der Waals surface area contributed by atoms with E-state index in [2.05, 4.69) is 63.4 Å². The zero-order valence-corrected chi connectivity index (χ0v) is 34.4. The normalized spacial score (nSPS) is 18.0. The zero-order chi connectivity index (χ0) is 38.1. The number of unbranched alkanes of at least 4 members (excludes halogenated alkanes) is 12. The number of esters is 2. The zero-order valence-electron chi connectivity index (χ0n) is 34.4. The molecule has 300 valence electrons. The van der Waals surface area contributed by atoms with Crippen LogP contribution in [-0.4, -0.2) is 68.7 Å². The minimum atomic E-state index is -0.484. The van der Waals surface area contributed by atoms with Gasteiger partial charge >= 0.3 is 11.9 Å². The Kier molecular flexibility index (Phi) is 29.8. The Balaban J connectivity index is 2.30. The van der Waals surface area contributed by atoms with Gasteiger partial charge in [0.25, 0.3) is 0 Å². The second-order valence-corrected chi connectivity index (χ2v) is 15.3. The van der Waals surface area contributed by atoms with Gasteiger partial charge < -0.3 is 23.8 Å². The summed E-state index contributed by atoms with van der Waals surface area (Å²) in [6.07, 6.45) is 26.8. The highest BCUT2D eigenvalue weighted by Gasteiger charge is 2.40. The molecule has 1 rings (SSSR count). The maximum atomic E-state index is 12.3. The Bertz CT molecular complexity index is 1030. The smallest absolute Gasteiger partial charge is 0.305 e. The van der Waals surface area contributed by atoms with Crippen molar-refractivity contribution in [1.82, 2.24) is 4.90 Å². The van der Waals surface area contributed by atoms with Crippen LogP contribution in [0.1, 0.15) is 182 Å². The van der Waals surface area contributed by atoms with Gasteiger partial charge in [-0.25, -0.2) is 0 Å². The summed E-state index contributed by atoms with van der Waals surface area (Å²) >= 11 is 0. The van der Waals surface area contributed by atoms with E-state index in [1.54, 1.807) is 0 Å². The topological polar surface area (TPSA) is 74.3 Å².